The summed E-state index contributed by atoms with van der Waals surface area (Å²) in [7, 11) is 0. The monoisotopic (exact) mass is 314 g/mol. The van der Waals surface area contributed by atoms with Crippen LogP contribution in [0.4, 0.5) is 4.79 Å². The molecule has 1 aliphatic heterocycles. The summed E-state index contributed by atoms with van der Waals surface area (Å²) >= 11 is 5.75. The third-order valence-electron chi connectivity index (χ3n) is 3.93. The molecule has 1 aliphatic rings. The number of imide groups is 1. The van der Waals surface area contributed by atoms with Gasteiger partial charge in [-0.3, -0.25) is 9.69 Å². The first kappa shape index (κ1) is 14.6. The van der Waals surface area contributed by atoms with E-state index in [2.05, 4.69) is 11.9 Å². The SMILES string of the molecule is C=C(Cl)CN1C(=O)NC(C)(c2cccc3ccccc23)C1=O. The van der Waals surface area contributed by atoms with Gasteiger partial charge in [0.15, 0.2) is 0 Å². The number of hydrogen-bond donors (Lipinski definition) is 1. The molecule has 0 bridgehead atoms. The third-order valence-corrected chi connectivity index (χ3v) is 4.05. The van der Waals surface area contributed by atoms with Crippen LogP contribution in [-0.4, -0.2) is 23.4 Å². The van der Waals surface area contributed by atoms with Crippen LogP contribution in [0.25, 0.3) is 10.8 Å². The van der Waals surface area contributed by atoms with Crippen molar-refractivity contribution in [1.82, 2.24) is 10.2 Å². The molecule has 22 heavy (non-hydrogen) atoms. The average Bonchev–Trinajstić information content (AvgIpc) is 2.70. The maximum Gasteiger partial charge on any atom is 0.325 e. The molecule has 0 aromatic heterocycles. The predicted octanol–water partition coefficient (Wildman–Crippen LogP) is 3.36. The Kier molecular flexibility index (Phi) is 3.41. The number of carbonyl (C=O) groups excluding carboxylic acids is 2. The Morgan fingerprint density at radius 2 is 1.91 bits per heavy atom. The lowest BCUT2D eigenvalue weighted by Crippen LogP contribution is -2.41. The van der Waals surface area contributed by atoms with Gasteiger partial charge >= 0.3 is 6.03 Å². The second kappa shape index (κ2) is 5.14. The fraction of sp³-hybridized carbons (Fsp3) is 0.176. The first-order valence-corrected chi connectivity index (χ1v) is 7.27. The topological polar surface area (TPSA) is 49.4 Å². The Hall–Kier alpha value is -2.33. The van der Waals surface area contributed by atoms with E-state index in [9.17, 15) is 9.59 Å². The second-order valence-corrected chi connectivity index (χ2v) is 6.02. The van der Waals surface area contributed by atoms with Gasteiger partial charge in [0.1, 0.15) is 5.54 Å². The number of nitrogens with one attached hydrogen (secondary N) is 1. The number of fused-ring (bicyclic) bond motifs is 1. The van der Waals surface area contributed by atoms with Crippen LogP contribution in [0.15, 0.2) is 54.1 Å². The van der Waals surface area contributed by atoms with Gasteiger partial charge in [-0.1, -0.05) is 60.6 Å². The number of rotatable bonds is 3. The van der Waals surface area contributed by atoms with Gasteiger partial charge in [-0.05, 0) is 23.3 Å². The van der Waals surface area contributed by atoms with Gasteiger partial charge in [0, 0.05) is 5.03 Å². The van der Waals surface area contributed by atoms with Crippen LogP contribution in [0.3, 0.4) is 0 Å². The summed E-state index contributed by atoms with van der Waals surface area (Å²) in [5.41, 5.74) is -0.337. The van der Waals surface area contributed by atoms with Gasteiger partial charge in [0.05, 0.1) is 6.54 Å². The molecular weight excluding hydrogens is 300 g/mol. The molecule has 1 unspecified atom stereocenters. The predicted molar refractivity (Wildman–Crippen MR) is 86.5 cm³/mol. The molecular formula is C17H15ClN2O2. The molecule has 0 radical (unpaired) electrons. The summed E-state index contributed by atoms with van der Waals surface area (Å²) in [6, 6.07) is 13.0. The van der Waals surface area contributed by atoms with Crippen molar-refractivity contribution in [3.8, 4) is 0 Å². The fourth-order valence-corrected chi connectivity index (χ4v) is 2.98. The van der Waals surface area contributed by atoms with Gasteiger partial charge in [0.25, 0.3) is 5.91 Å². The third kappa shape index (κ3) is 2.16. The van der Waals surface area contributed by atoms with Crippen molar-refractivity contribution in [3.63, 3.8) is 0 Å². The van der Waals surface area contributed by atoms with Crippen molar-refractivity contribution in [2.45, 2.75) is 12.5 Å². The molecule has 5 heteroatoms. The van der Waals surface area contributed by atoms with Crippen molar-refractivity contribution >= 4 is 34.3 Å². The van der Waals surface area contributed by atoms with Crippen molar-refractivity contribution in [3.05, 3.63) is 59.6 Å². The Balaban J connectivity index is 2.12. The molecule has 112 valence electrons. The van der Waals surface area contributed by atoms with Crippen LogP contribution in [0, 0.1) is 0 Å². The molecule has 0 spiro atoms. The molecule has 1 N–H and O–H groups in total. The minimum Gasteiger partial charge on any atom is -0.319 e. The lowest BCUT2D eigenvalue weighted by atomic mass is 9.88. The maximum absolute atomic E-state index is 12.8. The highest BCUT2D eigenvalue weighted by molar-refractivity contribution is 6.30. The number of amides is 3. The van der Waals surface area contributed by atoms with Crippen LogP contribution in [0.1, 0.15) is 12.5 Å². The molecule has 1 heterocycles. The van der Waals surface area contributed by atoms with E-state index in [1.807, 2.05) is 42.5 Å². The highest BCUT2D eigenvalue weighted by Gasteiger charge is 2.49. The van der Waals surface area contributed by atoms with Crippen LogP contribution in [-0.2, 0) is 10.3 Å². The van der Waals surface area contributed by atoms with Crippen molar-refractivity contribution < 1.29 is 9.59 Å². The summed E-state index contributed by atoms with van der Waals surface area (Å²) in [5.74, 6) is -0.323. The van der Waals surface area contributed by atoms with Crippen LogP contribution in [0.5, 0.6) is 0 Å². The average molecular weight is 315 g/mol. The molecule has 1 fully saturated rings. The zero-order valence-electron chi connectivity index (χ0n) is 12.1. The van der Waals surface area contributed by atoms with Gasteiger partial charge in [-0.15, -0.1) is 0 Å². The number of urea groups is 1. The molecule has 4 nitrogen and oxygen atoms in total. The molecule has 2 aromatic carbocycles. The fourth-order valence-electron chi connectivity index (χ4n) is 2.86. The number of benzene rings is 2. The van der Waals surface area contributed by atoms with Gasteiger partial charge in [0.2, 0.25) is 0 Å². The van der Waals surface area contributed by atoms with Gasteiger partial charge in [-0.25, -0.2) is 4.79 Å². The summed E-state index contributed by atoms with van der Waals surface area (Å²) in [6.45, 7) is 5.27. The summed E-state index contributed by atoms with van der Waals surface area (Å²) in [4.78, 5) is 26.0. The molecule has 2 aromatic rings. The Morgan fingerprint density at radius 3 is 2.64 bits per heavy atom. The zero-order valence-corrected chi connectivity index (χ0v) is 12.9. The molecule has 3 rings (SSSR count). The first-order chi connectivity index (χ1) is 10.4. The van der Waals surface area contributed by atoms with Crippen molar-refractivity contribution in [2.24, 2.45) is 0 Å². The van der Waals surface area contributed by atoms with Gasteiger partial charge in [-0.2, -0.15) is 0 Å². The number of halogens is 1. The summed E-state index contributed by atoms with van der Waals surface area (Å²) < 4.78 is 0. The Bertz CT molecular complexity index is 797. The van der Waals surface area contributed by atoms with E-state index in [1.165, 1.54) is 0 Å². The zero-order chi connectivity index (χ0) is 15.9. The Morgan fingerprint density at radius 1 is 1.23 bits per heavy atom. The number of hydrogen-bond acceptors (Lipinski definition) is 2. The minimum absolute atomic E-state index is 0.00653. The lowest BCUT2D eigenvalue weighted by Gasteiger charge is -2.24. The molecule has 3 amide bonds. The molecule has 0 aliphatic carbocycles. The van der Waals surface area contributed by atoms with E-state index in [-0.39, 0.29) is 17.5 Å². The lowest BCUT2D eigenvalue weighted by molar-refractivity contribution is -0.130. The van der Waals surface area contributed by atoms with Crippen molar-refractivity contribution in [1.29, 1.82) is 0 Å². The quantitative estimate of drug-likeness (QED) is 0.883. The second-order valence-electron chi connectivity index (χ2n) is 5.49. The van der Waals surface area contributed by atoms with Crippen LogP contribution >= 0.6 is 11.6 Å². The van der Waals surface area contributed by atoms with E-state index < -0.39 is 11.6 Å². The maximum atomic E-state index is 12.8. The van der Waals surface area contributed by atoms with E-state index in [0.717, 1.165) is 21.2 Å². The summed E-state index contributed by atoms with van der Waals surface area (Å²) in [5, 5.41) is 4.98. The normalized spacial score (nSPS) is 21.3. The van der Waals surface area contributed by atoms with Crippen LogP contribution < -0.4 is 5.32 Å². The van der Waals surface area contributed by atoms with E-state index >= 15 is 0 Å². The van der Waals surface area contributed by atoms with E-state index in [0.29, 0.717) is 0 Å². The van der Waals surface area contributed by atoms with Crippen molar-refractivity contribution in [2.75, 3.05) is 6.54 Å². The highest BCUT2D eigenvalue weighted by Crippen LogP contribution is 2.34. The minimum atomic E-state index is -1.11. The van der Waals surface area contributed by atoms with Crippen LogP contribution in [0.2, 0.25) is 0 Å². The number of carbonyl (C=O) groups is 2. The van der Waals surface area contributed by atoms with Gasteiger partial charge < -0.3 is 5.32 Å². The smallest absolute Gasteiger partial charge is 0.319 e. The molecule has 0 saturated carbocycles. The first-order valence-electron chi connectivity index (χ1n) is 6.89. The molecule has 1 saturated heterocycles. The number of nitrogens with zero attached hydrogens (tertiary/aromatic N) is 1. The van der Waals surface area contributed by atoms with E-state index in [1.54, 1.807) is 6.92 Å². The molecule has 1 atom stereocenters. The van der Waals surface area contributed by atoms with E-state index in [4.69, 9.17) is 11.6 Å². The standard InChI is InChI=1S/C17H15ClN2O2/c1-11(18)10-20-15(21)17(2,19-16(20)22)14-9-5-7-12-6-3-4-8-13(12)14/h3-9H,1,10H2,2H3,(H,19,22). The highest BCUT2D eigenvalue weighted by atomic mass is 35.5. The summed E-state index contributed by atoms with van der Waals surface area (Å²) in [6.07, 6.45) is 0. The largest absolute Gasteiger partial charge is 0.325 e. The Labute approximate surface area is 133 Å².